The van der Waals surface area contributed by atoms with E-state index in [0.29, 0.717) is 5.56 Å². The van der Waals surface area contributed by atoms with Crippen LogP contribution in [0, 0.1) is 13.8 Å². The summed E-state index contributed by atoms with van der Waals surface area (Å²) in [5, 5.41) is 0. The van der Waals surface area contributed by atoms with E-state index in [1.165, 1.54) is 6.42 Å². The third kappa shape index (κ3) is 4.28. The van der Waals surface area contributed by atoms with Crippen LogP contribution in [0.4, 0.5) is 5.69 Å². The first-order valence-electron chi connectivity index (χ1n) is 9.13. The largest absolute Gasteiger partial charge is 0.341 e. The Kier molecular flexibility index (Phi) is 5.66. The molecule has 2 amide bonds. The zero-order chi connectivity index (χ0) is 18.5. The molecule has 136 valence electrons. The molecule has 0 unspecified atom stereocenters. The summed E-state index contributed by atoms with van der Waals surface area (Å²) in [4.78, 5) is 33.5. The van der Waals surface area contributed by atoms with Crippen LogP contribution in [-0.4, -0.2) is 41.3 Å². The number of aromatic nitrogens is 1. The van der Waals surface area contributed by atoms with Crippen LogP contribution in [0.15, 0.2) is 42.6 Å². The highest BCUT2D eigenvalue weighted by molar-refractivity contribution is 6.08. The van der Waals surface area contributed by atoms with Crippen LogP contribution in [0.25, 0.3) is 0 Å². The van der Waals surface area contributed by atoms with Crippen LogP contribution < -0.4 is 4.90 Å². The number of aryl methyl sites for hydroxylation is 2. The molecule has 1 aromatic heterocycles. The number of carbonyl (C=O) groups excluding carboxylic acids is 2. The summed E-state index contributed by atoms with van der Waals surface area (Å²) in [5.41, 5.74) is 3.18. The lowest BCUT2D eigenvalue weighted by molar-refractivity contribution is -0.130. The van der Waals surface area contributed by atoms with E-state index in [4.69, 9.17) is 0 Å². The molecule has 0 saturated carbocycles. The molecule has 2 aromatic rings. The lowest BCUT2D eigenvalue weighted by Gasteiger charge is -2.30. The number of hydrogen-bond acceptors (Lipinski definition) is 3. The number of hydrogen-bond donors (Lipinski definition) is 0. The summed E-state index contributed by atoms with van der Waals surface area (Å²) in [6, 6.07) is 11.3. The van der Waals surface area contributed by atoms with Crippen molar-refractivity contribution < 1.29 is 9.59 Å². The van der Waals surface area contributed by atoms with E-state index in [9.17, 15) is 9.59 Å². The predicted molar refractivity (Wildman–Crippen MR) is 102 cm³/mol. The summed E-state index contributed by atoms with van der Waals surface area (Å²) < 4.78 is 0. The first kappa shape index (κ1) is 18.1. The smallest absolute Gasteiger partial charge is 0.260 e. The van der Waals surface area contributed by atoms with Crippen LogP contribution >= 0.6 is 0 Å². The van der Waals surface area contributed by atoms with Gasteiger partial charge in [-0.3, -0.25) is 19.5 Å². The third-order valence-corrected chi connectivity index (χ3v) is 4.75. The van der Waals surface area contributed by atoms with Gasteiger partial charge in [0.25, 0.3) is 5.91 Å². The van der Waals surface area contributed by atoms with E-state index in [1.807, 2.05) is 49.1 Å². The van der Waals surface area contributed by atoms with Crippen LogP contribution in [0.2, 0.25) is 0 Å². The van der Waals surface area contributed by atoms with Gasteiger partial charge in [-0.25, -0.2) is 0 Å². The van der Waals surface area contributed by atoms with Gasteiger partial charge in [0, 0.05) is 30.7 Å². The number of nitrogens with zero attached hydrogens (tertiary/aromatic N) is 3. The first-order valence-corrected chi connectivity index (χ1v) is 9.13. The minimum Gasteiger partial charge on any atom is -0.341 e. The minimum atomic E-state index is -0.202. The normalized spacial score (nSPS) is 14.2. The molecule has 1 saturated heterocycles. The van der Waals surface area contributed by atoms with Crippen LogP contribution in [-0.2, 0) is 4.79 Å². The molecule has 1 fully saturated rings. The molecule has 1 aliphatic rings. The molecule has 0 bridgehead atoms. The van der Waals surface area contributed by atoms with Crippen LogP contribution in [0.5, 0.6) is 0 Å². The van der Waals surface area contributed by atoms with Gasteiger partial charge in [0.15, 0.2) is 0 Å². The molecular weight excluding hydrogens is 326 g/mol. The van der Waals surface area contributed by atoms with Crippen molar-refractivity contribution in [2.45, 2.75) is 33.1 Å². The predicted octanol–water partition coefficient (Wildman–Crippen LogP) is 3.36. The van der Waals surface area contributed by atoms with E-state index in [1.54, 1.807) is 17.2 Å². The van der Waals surface area contributed by atoms with Crippen molar-refractivity contribution in [3.05, 3.63) is 59.4 Å². The van der Waals surface area contributed by atoms with Crippen molar-refractivity contribution in [2.75, 3.05) is 24.5 Å². The van der Waals surface area contributed by atoms with E-state index in [-0.39, 0.29) is 18.4 Å². The zero-order valence-corrected chi connectivity index (χ0v) is 15.4. The Morgan fingerprint density at radius 1 is 1.00 bits per heavy atom. The standard InChI is InChI=1S/C21H25N3O2/c1-16-6-10-19(11-7-16)24(15-20(25)23-12-4-3-5-13-23)21(26)18-9-8-17(2)22-14-18/h6-11,14H,3-5,12-13,15H2,1-2H3. The maximum Gasteiger partial charge on any atom is 0.260 e. The molecule has 0 aliphatic carbocycles. The number of rotatable bonds is 4. The number of piperidine rings is 1. The van der Waals surface area contributed by atoms with Crippen molar-refractivity contribution in [1.29, 1.82) is 0 Å². The maximum atomic E-state index is 13.1. The summed E-state index contributed by atoms with van der Waals surface area (Å²) in [6.45, 7) is 5.49. The lowest BCUT2D eigenvalue weighted by atomic mass is 10.1. The van der Waals surface area contributed by atoms with Gasteiger partial charge in [-0.15, -0.1) is 0 Å². The second-order valence-corrected chi connectivity index (χ2v) is 6.86. The summed E-state index contributed by atoms with van der Waals surface area (Å²) >= 11 is 0. The van der Waals surface area contributed by atoms with Gasteiger partial charge >= 0.3 is 0 Å². The zero-order valence-electron chi connectivity index (χ0n) is 15.4. The highest BCUT2D eigenvalue weighted by Crippen LogP contribution is 2.19. The van der Waals surface area contributed by atoms with E-state index < -0.39 is 0 Å². The Labute approximate surface area is 154 Å². The van der Waals surface area contributed by atoms with E-state index in [2.05, 4.69) is 4.98 Å². The van der Waals surface area contributed by atoms with Gasteiger partial charge in [0.2, 0.25) is 5.91 Å². The number of likely N-dealkylation sites (tertiary alicyclic amines) is 1. The van der Waals surface area contributed by atoms with E-state index >= 15 is 0 Å². The average Bonchev–Trinajstić information content (AvgIpc) is 2.67. The van der Waals surface area contributed by atoms with Gasteiger partial charge in [0.05, 0.1) is 5.56 Å². The molecule has 1 aliphatic heterocycles. The molecule has 0 atom stereocenters. The van der Waals surface area contributed by atoms with Gasteiger partial charge in [-0.2, -0.15) is 0 Å². The maximum absolute atomic E-state index is 13.1. The number of carbonyl (C=O) groups is 2. The Hall–Kier alpha value is -2.69. The van der Waals surface area contributed by atoms with Gasteiger partial charge < -0.3 is 4.90 Å². The number of anilines is 1. The molecule has 0 radical (unpaired) electrons. The van der Waals surface area contributed by atoms with Crippen molar-refractivity contribution >= 4 is 17.5 Å². The van der Waals surface area contributed by atoms with Crippen LogP contribution in [0.1, 0.15) is 40.9 Å². The van der Waals surface area contributed by atoms with Crippen molar-refractivity contribution in [3.8, 4) is 0 Å². The Morgan fingerprint density at radius 3 is 2.31 bits per heavy atom. The molecule has 0 spiro atoms. The third-order valence-electron chi connectivity index (χ3n) is 4.75. The number of pyridine rings is 1. The Morgan fingerprint density at radius 2 is 1.69 bits per heavy atom. The van der Waals surface area contributed by atoms with Gasteiger partial charge in [-0.05, 0) is 57.4 Å². The fraction of sp³-hybridized carbons (Fsp3) is 0.381. The summed E-state index contributed by atoms with van der Waals surface area (Å²) in [7, 11) is 0. The van der Waals surface area contributed by atoms with Gasteiger partial charge in [-0.1, -0.05) is 17.7 Å². The highest BCUT2D eigenvalue weighted by Gasteiger charge is 2.24. The molecule has 1 aromatic carbocycles. The molecule has 26 heavy (non-hydrogen) atoms. The van der Waals surface area contributed by atoms with E-state index in [0.717, 1.165) is 42.9 Å². The fourth-order valence-electron chi connectivity index (χ4n) is 3.13. The van der Waals surface area contributed by atoms with Crippen molar-refractivity contribution in [1.82, 2.24) is 9.88 Å². The Bertz CT molecular complexity index is 763. The number of benzene rings is 1. The first-order chi connectivity index (χ1) is 12.5. The lowest BCUT2D eigenvalue weighted by Crippen LogP contribution is -2.45. The molecule has 5 heteroatoms. The number of amides is 2. The summed E-state index contributed by atoms with van der Waals surface area (Å²) in [5.74, 6) is -0.203. The monoisotopic (exact) mass is 351 g/mol. The molecule has 0 N–H and O–H groups in total. The minimum absolute atomic E-state index is 0.00121. The topological polar surface area (TPSA) is 53.5 Å². The van der Waals surface area contributed by atoms with Crippen LogP contribution in [0.3, 0.4) is 0 Å². The molecule has 5 nitrogen and oxygen atoms in total. The molecule has 3 rings (SSSR count). The molecule has 2 heterocycles. The average molecular weight is 351 g/mol. The van der Waals surface area contributed by atoms with Crippen molar-refractivity contribution in [2.24, 2.45) is 0 Å². The molecular formula is C21H25N3O2. The fourth-order valence-corrected chi connectivity index (χ4v) is 3.13. The van der Waals surface area contributed by atoms with Gasteiger partial charge in [0.1, 0.15) is 6.54 Å². The SMILES string of the molecule is Cc1ccc(N(CC(=O)N2CCCCC2)C(=O)c2ccc(C)nc2)cc1. The van der Waals surface area contributed by atoms with Crippen molar-refractivity contribution in [3.63, 3.8) is 0 Å². The second kappa shape index (κ2) is 8.13. The highest BCUT2D eigenvalue weighted by atomic mass is 16.2. The summed E-state index contributed by atoms with van der Waals surface area (Å²) in [6.07, 6.45) is 4.81. The second-order valence-electron chi connectivity index (χ2n) is 6.86. The quantitative estimate of drug-likeness (QED) is 0.849. The Balaban J connectivity index is 1.85.